The van der Waals surface area contributed by atoms with Crippen LogP contribution in [0.4, 0.5) is 0 Å². The summed E-state index contributed by atoms with van der Waals surface area (Å²) in [5, 5.41) is 3.39. The molecule has 2 aromatic rings. The van der Waals surface area contributed by atoms with Crippen molar-refractivity contribution in [1.29, 1.82) is 0 Å². The molecule has 2 nitrogen and oxygen atoms in total. The predicted octanol–water partition coefficient (Wildman–Crippen LogP) is 4.76. The summed E-state index contributed by atoms with van der Waals surface area (Å²) in [6, 6.07) is 14.8. The molecule has 0 aliphatic carbocycles. The first-order valence-corrected chi connectivity index (χ1v) is 8.38. The quantitative estimate of drug-likeness (QED) is 0.670. The van der Waals surface area contributed by atoms with Crippen molar-refractivity contribution in [2.24, 2.45) is 0 Å². The number of hydrogen-bond donors (Lipinski definition) is 1. The maximum Gasteiger partial charge on any atom is 0.133 e. The molecule has 0 radical (unpaired) electrons. The lowest BCUT2D eigenvalue weighted by atomic mass is 9.99. The maximum atomic E-state index is 5.57. The van der Waals surface area contributed by atoms with E-state index in [4.69, 9.17) is 4.74 Å². The molecule has 2 rings (SSSR count). The van der Waals surface area contributed by atoms with Gasteiger partial charge in [-0.2, -0.15) is 0 Å². The average molecular weight is 446 g/mol. The van der Waals surface area contributed by atoms with E-state index in [1.54, 1.807) is 0 Å². The SMILES string of the molecule is CCOc1ccc(C(NC)c2ccccc2I)cc1Br. The molecular formula is C16H17BrINO. The van der Waals surface area contributed by atoms with E-state index in [0.717, 1.165) is 10.2 Å². The van der Waals surface area contributed by atoms with Crippen molar-refractivity contribution in [2.75, 3.05) is 13.7 Å². The number of rotatable bonds is 5. The fraction of sp³-hybridized carbons (Fsp3) is 0.250. The lowest BCUT2D eigenvalue weighted by Crippen LogP contribution is -2.18. The van der Waals surface area contributed by atoms with Crippen LogP contribution in [0, 0.1) is 3.57 Å². The molecule has 0 spiro atoms. The van der Waals surface area contributed by atoms with E-state index in [1.165, 1.54) is 14.7 Å². The standard InChI is InChI=1S/C16H17BrINO/c1-3-20-15-9-8-11(10-13(15)17)16(19-2)12-6-4-5-7-14(12)18/h4-10,16,19H,3H2,1-2H3. The molecule has 20 heavy (non-hydrogen) atoms. The van der Waals surface area contributed by atoms with E-state index in [9.17, 15) is 0 Å². The monoisotopic (exact) mass is 445 g/mol. The Labute approximate surface area is 142 Å². The van der Waals surface area contributed by atoms with Gasteiger partial charge in [0.15, 0.2) is 0 Å². The third-order valence-corrected chi connectivity index (χ3v) is 4.70. The average Bonchev–Trinajstić information content (AvgIpc) is 2.45. The fourth-order valence-corrected chi connectivity index (χ4v) is 3.39. The van der Waals surface area contributed by atoms with Gasteiger partial charge in [0.2, 0.25) is 0 Å². The van der Waals surface area contributed by atoms with Gasteiger partial charge >= 0.3 is 0 Å². The van der Waals surface area contributed by atoms with Gasteiger partial charge in [0, 0.05) is 3.57 Å². The predicted molar refractivity (Wildman–Crippen MR) is 95.4 cm³/mol. The van der Waals surface area contributed by atoms with Crippen molar-refractivity contribution in [2.45, 2.75) is 13.0 Å². The smallest absolute Gasteiger partial charge is 0.133 e. The number of hydrogen-bond acceptors (Lipinski definition) is 2. The first kappa shape index (κ1) is 15.8. The lowest BCUT2D eigenvalue weighted by Gasteiger charge is -2.19. The molecule has 0 aromatic heterocycles. The lowest BCUT2D eigenvalue weighted by molar-refractivity contribution is 0.338. The van der Waals surface area contributed by atoms with E-state index < -0.39 is 0 Å². The molecule has 1 atom stereocenters. The Morgan fingerprint density at radius 2 is 2.00 bits per heavy atom. The fourth-order valence-electron chi connectivity index (χ4n) is 2.18. The summed E-state index contributed by atoms with van der Waals surface area (Å²) < 4.78 is 7.81. The summed E-state index contributed by atoms with van der Waals surface area (Å²) in [4.78, 5) is 0. The molecule has 2 aromatic carbocycles. The van der Waals surface area contributed by atoms with Gasteiger partial charge in [0.25, 0.3) is 0 Å². The van der Waals surface area contributed by atoms with Crippen LogP contribution in [0.3, 0.4) is 0 Å². The first-order chi connectivity index (χ1) is 9.67. The number of nitrogens with one attached hydrogen (secondary N) is 1. The molecule has 0 aliphatic heterocycles. The van der Waals surface area contributed by atoms with E-state index in [-0.39, 0.29) is 6.04 Å². The van der Waals surface area contributed by atoms with Crippen LogP contribution in [-0.2, 0) is 0 Å². The summed E-state index contributed by atoms with van der Waals surface area (Å²) in [5.74, 6) is 0.883. The van der Waals surface area contributed by atoms with Gasteiger partial charge in [-0.05, 0) is 81.8 Å². The Bertz CT molecular complexity index is 588. The second kappa shape index (κ2) is 7.43. The summed E-state index contributed by atoms with van der Waals surface area (Å²) in [6.07, 6.45) is 0. The number of benzene rings is 2. The zero-order valence-corrected chi connectivity index (χ0v) is 15.2. The molecule has 1 N–H and O–H groups in total. The van der Waals surface area contributed by atoms with E-state index >= 15 is 0 Å². The molecule has 0 saturated carbocycles. The Morgan fingerprint density at radius 3 is 2.60 bits per heavy atom. The second-order valence-electron chi connectivity index (χ2n) is 4.37. The Kier molecular flexibility index (Phi) is 5.86. The van der Waals surface area contributed by atoms with Crippen LogP contribution in [-0.4, -0.2) is 13.7 Å². The van der Waals surface area contributed by atoms with Gasteiger partial charge in [0.1, 0.15) is 5.75 Å². The van der Waals surface area contributed by atoms with Crippen LogP contribution in [0.25, 0.3) is 0 Å². The van der Waals surface area contributed by atoms with Gasteiger partial charge in [-0.1, -0.05) is 24.3 Å². The van der Waals surface area contributed by atoms with Crippen molar-refractivity contribution in [3.8, 4) is 5.75 Å². The molecule has 4 heteroatoms. The molecule has 0 bridgehead atoms. The van der Waals surface area contributed by atoms with E-state index in [2.05, 4.69) is 80.2 Å². The first-order valence-electron chi connectivity index (χ1n) is 6.51. The number of halogens is 2. The summed E-state index contributed by atoms with van der Waals surface area (Å²) in [6.45, 7) is 2.66. The largest absolute Gasteiger partial charge is 0.493 e. The van der Waals surface area contributed by atoms with E-state index in [0.29, 0.717) is 6.61 Å². The van der Waals surface area contributed by atoms with Gasteiger partial charge in [-0.3, -0.25) is 0 Å². The van der Waals surface area contributed by atoms with Crippen LogP contribution in [0.1, 0.15) is 24.1 Å². The minimum Gasteiger partial charge on any atom is -0.493 e. The zero-order valence-electron chi connectivity index (χ0n) is 11.5. The third-order valence-electron chi connectivity index (χ3n) is 3.09. The van der Waals surface area contributed by atoms with Crippen LogP contribution in [0.2, 0.25) is 0 Å². The number of ether oxygens (including phenoxy) is 1. The van der Waals surface area contributed by atoms with Crippen molar-refractivity contribution in [3.63, 3.8) is 0 Å². The highest BCUT2D eigenvalue weighted by Crippen LogP contribution is 2.32. The van der Waals surface area contributed by atoms with Gasteiger partial charge in [-0.15, -0.1) is 0 Å². The summed E-state index contributed by atoms with van der Waals surface area (Å²) in [5.41, 5.74) is 2.50. The van der Waals surface area contributed by atoms with Gasteiger partial charge in [0.05, 0.1) is 17.1 Å². The Morgan fingerprint density at radius 1 is 1.25 bits per heavy atom. The minimum atomic E-state index is 0.176. The highest BCUT2D eigenvalue weighted by atomic mass is 127. The normalized spacial score (nSPS) is 12.2. The van der Waals surface area contributed by atoms with Crippen molar-refractivity contribution in [3.05, 3.63) is 61.6 Å². The van der Waals surface area contributed by atoms with Gasteiger partial charge in [-0.25, -0.2) is 0 Å². The van der Waals surface area contributed by atoms with Crippen LogP contribution in [0.5, 0.6) is 5.75 Å². The van der Waals surface area contributed by atoms with Crippen LogP contribution in [0.15, 0.2) is 46.9 Å². The molecule has 0 saturated heterocycles. The van der Waals surface area contributed by atoms with Crippen molar-refractivity contribution < 1.29 is 4.74 Å². The highest BCUT2D eigenvalue weighted by molar-refractivity contribution is 14.1. The highest BCUT2D eigenvalue weighted by Gasteiger charge is 2.15. The van der Waals surface area contributed by atoms with Crippen molar-refractivity contribution in [1.82, 2.24) is 5.32 Å². The van der Waals surface area contributed by atoms with Crippen LogP contribution < -0.4 is 10.1 Å². The van der Waals surface area contributed by atoms with E-state index in [1.807, 2.05) is 20.0 Å². The maximum absolute atomic E-state index is 5.57. The molecule has 106 valence electrons. The van der Waals surface area contributed by atoms with Crippen molar-refractivity contribution >= 4 is 38.5 Å². The summed E-state index contributed by atoms with van der Waals surface area (Å²) in [7, 11) is 1.98. The molecule has 0 fully saturated rings. The third kappa shape index (κ3) is 3.54. The topological polar surface area (TPSA) is 21.3 Å². The molecule has 0 amide bonds. The molecule has 0 heterocycles. The van der Waals surface area contributed by atoms with Crippen LogP contribution >= 0.6 is 38.5 Å². The zero-order chi connectivity index (χ0) is 14.5. The summed E-state index contributed by atoms with van der Waals surface area (Å²) >= 11 is 5.96. The molecule has 1 unspecified atom stereocenters. The Balaban J connectivity index is 2.38. The minimum absolute atomic E-state index is 0.176. The van der Waals surface area contributed by atoms with Gasteiger partial charge < -0.3 is 10.1 Å². The molecule has 0 aliphatic rings. The molecular weight excluding hydrogens is 429 g/mol. The second-order valence-corrected chi connectivity index (χ2v) is 6.38. The Hall–Kier alpha value is -0.590.